The normalized spacial score (nSPS) is 11.4. The molecule has 0 saturated heterocycles. The maximum absolute atomic E-state index is 14.1. The van der Waals surface area contributed by atoms with Crippen LogP contribution in [0.3, 0.4) is 0 Å². The number of nitrogens with zero attached hydrogens (tertiary/aromatic N) is 5. The van der Waals surface area contributed by atoms with Gasteiger partial charge in [0.25, 0.3) is 0 Å². The van der Waals surface area contributed by atoms with Crippen molar-refractivity contribution < 1.29 is 41.6 Å². The van der Waals surface area contributed by atoms with E-state index in [0.29, 0.717) is 0 Å². The van der Waals surface area contributed by atoms with E-state index in [0.717, 1.165) is 0 Å². The highest BCUT2D eigenvalue weighted by Gasteiger charge is 2.28. The number of benzene rings is 2. The average Bonchev–Trinajstić information content (AvgIpc) is 3.65. The Morgan fingerprint density at radius 3 is 1.62 bits per heavy atom. The largest absolute Gasteiger partial charge is 0.465 e. The van der Waals surface area contributed by atoms with Gasteiger partial charge in [-0.3, -0.25) is 9.80 Å². The summed E-state index contributed by atoms with van der Waals surface area (Å²) in [6.45, 7) is 7.73. The molecular weight excluding hydrogens is 723 g/mol. The monoisotopic (exact) mass is 767 g/mol. The molecule has 16 heteroatoms. The van der Waals surface area contributed by atoms with Crippen LogP contribution in [0, 0.1) is 18.6 Å². The third kappa shape index (κ3) is 11.9. The van der Waals surface area contributed by atoms with Gasteiger partial charge in [-0.15, -0.1) is 0 Å². The van der Waals surface area contributed by atoms with E-state index >= 15 is 0 Å². The van der Waals surface area contributed by atoms with E-state index in [1.807, 2.05) is 38.0 Å². The number of aryl methyl sites for hydroxylation is 1. The summed E-state index contributed by atoms with van der Waals surface area (Å²) in [6, 6.07) is 8.40. The van der Waals surface area contributed by atoms with E-state index < -0.39 is 23.6 Å². The van der Waals surface area contributed by atoms with Gasteiger partial charge in [0.1, 0.15) is 39.9 Å². The number of hydrogen-bond donors (Lipinski definition) is 0. The fourth-order valence-electron chi connectivity index (χ4n) is 4.43. The van der Waals surface area contributed by atoms with Gasteiger partial charge in [0.05, 0.1) is 41.0 Å². The Hall–Kier alpha value is -4.34. The minimum absolute atomic E-state index is 0.00202. The van der Waals surface area contributed by atoms with Crippen molar-refractivity contribution in [1.29, 1.82) is 0 Å². The van der Waals surface area contributed by atoms with Crippen molar-refractivity contribution >= 4 is 41.2 Å². The molecule has 0 atom stereocenters. The van der Waals surface area contributed by atoms with Crippen molar-refractivity contribution in [2.75, 3.05) is 56.5 Å². The molecule has 0 saturated carbocycles. The molecule has 0 unspecified atom stereocenters. The van der Waals surface area contributed by atoms with Crippen molar-refractivity contribution in [3.05, 3.63) is 86.9 Å². The van der Waals surface area contributed by atoms with Gasteiger partial charge in [0, 0.05) is 26.4 Å². The summed E-state index contributed by atoms with van der Waals surface area (Å²) >= 11 is 11.9. The molecule has 0 aliphatic heterocycles. The number of rotatable bonds is 9. The molecule has 4 aromatic rings. The van der Waals surface area contributed by atoms with Crippen LogP contribution in [0.4, 0.5) is 8.78 Å². The van der Waals surface area contributed by atoms with Gasteiger partial charge in [-0.2, -0.15) is 0 Å². The van der Waals surface area contributed by atoms with E-state index in [-0.39, 0.29) is 67.2 Å². The second kappa shape index (κ2) is 19.5. The number of methoxy groups -OCH3 is 2. The first-order valence-electron chi connectivity index (χ1n) is 15.6. The lowest BCUT2D eigenvalue weighted by molar-refractivity contribution is -0.178. The van der Waals surface area contributed by atoms with Crippen LogP contribution in [0.25, 0.3) is 28.6 Å². The van der Waals surface area contributed by atoms with Crippen LogP contribution < -0.4 is 0 Å². The van der Waals surface area contributed by atoms with Crippen LogP contribution >= 0.6 is 23.2 Å². The first-order chi connectivity index (χ1) is 24.2. The number of hydrogen-bond acceptors (Lipinski definition) is 12. The summed E-state index contributed by atoms with van der Waals surface area (Å²) < 4.78 is 53.0. The average molecular weight is 769 g/mol. The third-order valence-electron chi connectivity index (χ3n) is 6.63. The number of ether oxygens (including phenoxy) is 3. The molecular formula is C36H45Cl2F2N5O7. The number of halogens is 4. The molecule has 0 bridgehead atoms. The van der Waals surface area contributed by atoms with Gasteiger partial charge in [0.15, 0.2) is 12.1 Å². The van der Waals surface area contributed by atoms with E-state index in [9.17, 15) is 18.4 Å². The zero-order valence-corrected chi connectivity index (χ0v) is 32.8. The number of carbonyl (C=O) groups excluding carboxylic acids is 2. The molecule has 52 heavy (non-hydrogen) atoms. The summed E-state index contributed by atoms with van der Waals surface area (Å²) in [5.74, 6) is -2.11. The topological polar surface area (TPSA) is 124 Å². The minimum atomic E-state index is -0.686. The Morgan fingerprint density at radius 2 is 1.23 bits per heavy atom. The number of esters is 2. The molecule has 2 aromatic heterocycles. The molecule has 0 aliphatic rings. The van der Waals surface area contributed by atoms with E-state index in [1.54, 1.807) is 25.2 Å². The highest BCUT2D eigenvalue weighted by atomic mass is 35.5. The van der Waals surface area contributed by atoms with Gasteiger partial charge < -0.3 is 28.2 Å². The molecule has 0 spiro atoms. The number of aromatic nitrogens is 2. The molecule has 284 valence electrons. The third-order valence-corrected chi connectivity index (χ3v) is 7.26. The lowest BCUT2D eigenvalue weighted by atomic mass is 10.1. The highest BCUT2D eigenvalue weighted by Crippen LogP contribution is 2.35. The highest BCUT2D eigenvalue weighted by molar-refractivity contribution is 6.34. The van der Waals surface area contributed by atoms with Crippen molar-refractivity contribution in [2.24, 2.45) is 0 Å². The summed E-state index contributed by atoms with van der Waals surface area (Å²) in [5.41, 5.74) is 0.0706. The molecule has 0 aliphatic carbocycles. The number of carbonyl (C=O) groups is 2. The maximum Gasteiger partial charge on any atom is 0.344 e. The Bertz CT molecular complexity index is 1790. The van der Waals surface area contributed by atoms with E-state index in [4.69, 9.17) is 41.7 Å². The Morgan fingerprint density at radius 1 is 0.788 bits per heavy atom. The maximum atomic E-state index is 14.1. The van der Waals surface area contributed by atoms with E-state index in [1.165, 1.54) is 63.6 Å². The van der Waals surface area contributed by atoms with Crippen LogP contribution in [-0.2, 0) is 14.2 Å². The predicted molar refractivity (Wildman–Crippen MR) is 196 cm³/mol. The van der Waals surface area contributed by atoms with Crippen molar-refractivity contribution in [3.63, 3.8) is 0 Å². The van der Waals surface area contributed by atoms with Crippen molar-refractivity contribution in [2.45, 2.75) is 39.6 Å². The quantitative estimate of drug-likeness (QED) is 0.122. The zero-order valence-electron chi connectivity index (χ0n) is 31.3. The van der Waals surface area contributed by atoms with Gasteiger partial charge in [-0.1, -0.05) is 45.6 Å². The van der Waals surface area contributed by atoms with Crippen molar-refractivity contribution in [1.82, 2.24) is 25.0 Å². The molecule has 4 rings (SSSR count). The van der Waals surface area contributed by atoms with Crippen LogP contribution in [0.5, 0.6) is 0 Å². The molecule has 0 N–H and O–H groups in total. The van der Waals surface area contributed by atoms with Gasteiger partial charge in [0.2, 0.25) is 0 Å². The molecule has 0 amide bonds. The van der Waals surface area contributed by atoms with Crippen molar-refractivity contribution in [3.8, 4) is 22.5 Å². The summed E-state index contributed by atoms with van der Waals surface area (Å²) in [5, 5.41) is 7.73. The molecule has 2 heterocycles. The van der Waals surface area contributed by atoms with Gasteiger partial charge in [-0.25, -0.2) is 18.4 Å². The summed E-state index contributed by atoms with van der Waals surface area (Å²) in [4.78, 5) is 29.5. The zero-order chi connectivity index (χ0) is 39.5. The first-order valence-corrected chi connectivity index (χ1v) is 16.4. The SMILES string of the molecule is CN(C)C(OC(C)(C)C)N(C)C.COC(=O)c1c(-c2c(F)cccc2Cl)noc1/C=C/N(C)C.COC(=O)c1c(-c2c(F)cccc2Cl)noc1C. The van der Waals surface area contributed by atoms with Crippen LogP contribution in [-0.4, -0.2) is 105 Å². The predicted octanol–water partition coefficient (Wildman–Crippen LogP) is 7.89. The lowest BCUT2D eigenvalue weighted by Crippen LogP contribution is -2.46. The van der Waals surface area contributed by atoms with Crippen LogP contribution in [0.1, 0.15) is 53.0 Å². The summed E-state index contributed by atoms with van der Waals surface area (Å²) in [7, 11) is 14.1. The smallest absolute Gasteiger partial charge is 0.344 e. The fourth-order valence-corrected chi connectivity index (χ4v) is 4.93. The van der Waals surface area contributed by atoms with Crippen LogP contribution in [0.15, 0.2) is 51.6 Å². The Labute approximate surface area is 312 Å². The Balaban J connectivity index is 0.000000283. The lowest BCUT2D eigenvalue weighted by Gasteiger charge is -2.35. The van der Waals surface area contributed by atoms with E-state index in [2.05, 4.69) is 35.8 Å². The van der Waals surface area contributed by atoms with Gasteiger partial charge >= 0.3 is 11.9 Å². The van der Waals surface area contributed by atoms with Crippen LogP contribution in [0.2, 0.25) is 10.0 Å². The Kier molecular flexibility index (Phi) is 16.4. The second-order valence-electron chi connectivity index (χ2n) is 12.7. The molecule has 0 fully saturated rings. The standard InChI is InChI=1S/C15H14ClFN2O3.C12H9ClFNO3.C9H22N2O/c1-19(2)8-7-11-13(15(20)21-3)14(18-22-11)12-9(16)5-4-6-10(12)17;1-6-9(12(16)17-2)11(15-18-6)10-7(13)4-3-5-8(10)14;1-9(2,3)12-8(10(4)5)11(6)7/h4-8H,1-3H3;3-5H,1-2H3;8H,1-7H3/b8-7+;;. The van der Waals surface area contributed by atoms with Gasteiger partial charge in [-0.05, 0) is 80.2 Å². The molecule has 12 nitrogen and oxygen atoms in total. The fraction of sp³-hybridized carbons (Fsp3) is 0.389. The molecule has 0 radical (unpaired) electrons. The first kappa shape index (κ1) is 43.8. The minimum Gasteiger partial charge on any atom is -0.465 e. The summed E-state index contributed by atoms with van der Waals surface area (Å²) in [6.07, 6.45) is 3.25. The molecule has 2 aromatic carbocycles. The second-order valence-corrected chi connectivity index (χ2v) is 13.5.